The summed E-state index contributed by atoms with van der Waals surface area (Å²) in [5, 5.41) is 17.7. The summed E-state index contributed by atoms with van der Waals surface area (Å²) in [6, 6.07) is 49.7. The molecule has 0 spiro atoms. The molecule has 56 heavy (non-hydrogen) atoms. The number of alkyl carbamates (subject to hydrolysis) is 1. The Kier molecular flexibility index (Phi) is 11.3. The van der Waals surface area contributed by atoms with Gasteiger partial charge in [-0.2, -0.15) is 0 Å². The second kappa shape index (κ2) is 17.0. The Morgan fingerprint density at radius 3 is 1.61 bits per heavy atom. The van der Waals surface area contributed by atoms with Gasteiger partial charge in [0.15, 0.2) is 0 Å². The number of amides is 4. The van der Waals surface area contributed by atoms with Gasteiger partial charge in [0, 0.05) is 18.0 Å². The third kappa shape index (κ3) is 7.91. The highest BCUT2D eigenvalue weighted by molar-refractivity contribution is 5.93. The molecule has 280 valence electrons. The molecule has 10 nitrogen and oxygen atoms in total. The Morgan fingerprint density at radius 1 is 0.625 bits per heavy atom. The van der Waals surface area contributed by atoms with E-state index in [-0.39, 0.29) is 24.6 Å². The van der Waals surface area contributed by atoms with E-state index in [0.29, 0.717) is 5.56 Å². The van der Waals surface area contributed by atoms with E-state index < -0.39 is 41.8 Å². The van der Waals surface area contributed by atoms with Crippen molar-refractivity contribution in [1.29, 1.82) is 0 Å². The van der Waals surface area contributed by atoms with E-state index in [0.717, 1.165) is 38.9 Å². The third-order valence-corrected chi connectivity index (χ3v) is 10.1. The van der Waals surface area contributed by atoms with Crippen LogP contribution in [0.3, 0.4) is 0 Å². The number of carbonyl (C=O) groups is 4. The number of fused-ring (bicyclic) bond motifs is 3. The van der Waals surface area contributed by atoms with Gasteiger partial charge >= 0.3 is 6.09 Å². The molecule has 0 radical (unpaired) electrons. The van der Waals surface area contributed by atoms with Gasteiger partial charge in [-0.1, -0.05) is 152 Å². The second-order valence-corrected chi connectivity index (χ2v) is 13.5. The van der Waals surface area contributed by atoms with Crippen molar-refractivity contribution >= 4 is 23.8 Å². The SMILES string of the molecule is O=C(C[C@H](NC(=O)OCC1c2ccccc2-c2ccccc21)C(=O)NCc1ccc(C(=O)NO)cc1)NC(c1ccccc1)(c1ccccc1)c1ccccc1. The Balaban J connectivity index is 1.14. The molecule has 0 aromatic heterocycles. The first kappa shape index (κ1) is 37.3. The molecule has 5 N–H and O–H groups in total. The monoisotopic (exact) mass is 744 g/mol. The quantitative estimate of drug-likeness (QED) is 0.0498. The van der Waals surface area contributed by atoms with Gasteiger partial charge < -0.3 is 20.7 Å². The summed E-state index contributed by atoms with van der Waals surface area (Å²) < 4.78 is 5.80. The first-order valence-corrected chi connectivity index (χ1v) is 18.3. The van der Waals surface area contributed by atoms with Gasteiger partial charge in [-0.05, 0) is 56.6 Å². The van der Waals surface area contributed by atoms with E-state index in [1.54, 1.807) is 17.6 Å². The molecule has 7 rings (SSSR count). The summed E-state index contributed by atoms with van der Waals surface area (Å²) in [6.45, 7) is 0.0552. The Bertz CT molecular complexity index is 2180. The van der Waals surface area contributed by atoms with Crippen molar-refractivity contribution in [3.63, 3.8) is 0 Å². The van der Waals surface area contributed by atoms with Crippen molar-refractivity contribution in [2.24, 2.45) is 0 Å². The van der Waals surface area contributed by atoms with Crippen molar-refractivity contribution in [1.82, 2.24) is 21.4 Å². The number of nitrogens with one attached hydrogen (secondary N) is 4. The van der Waals surface area contributed by atoms with Gasteiger partial charge in [0.2, 0.25) is 11.8 Å². The highest BCUT2D eigenvalue weighted by atomic mass is 16.5. The molecule has 6 aromatic carbocycles. The number of carbonyl (C=O) groups excluding carboxylic acids is 4. The standard InChI is InChI=1S/C46H40N4O6/c51-42(49-46(33-14-4-1-5-15-33,34-16-6-2-7-17-34)35-18-8-3-9-19-35)28-41(44(53)47-29-31-24-26-32(27-25-31)43(52)50-55)48-45(54)56-30-40-38-22-12-10-20-36(38)37-21-11-13-23-39(37)40/h1-27,40-41,55H,28-30H2,(H,47,53)(H,48,54)(H,49,51)(H,50,52)/t41-/m0/s1. The van der Waals surface area contributed by atoms with Crippen LogP contribution >= 0.6 is 0 Å². The topological polar surface area (TPSA) is 146 Å². The number of benzene rings is 6. The summed E-state index contributed by atoms with van der Waals surface area (Å²) in [5.41, 5.74) is 7.96. The molecule has 1 aliphatic carbocycles. The van der Waals surface area contributed by atoms with Gasteiger partial charge in [0.1, 0.15) is 18.2 Å². The molecule has 0 unspecified atom stereocenters. The first-order valence-electron chi connectivity index (χ1n) is 18.3. The summed E-state index contributed by atoms with van der Waals surface area (Å²) in [4.78, 5) is 53.7. The summed E-state index contributed by atoms with van der Waals surface area (Å²) in [6.07, 6.45) is -1.26. The van der Waals surface area contributed by atoms with Gasteiger partial charge in [-0.25, -0.2) is 10.3 Å². The number of ether oxygens (including phenoxy) is 1. The molecule has 4 amide bonds. The highest BCUT2D eigenvalue weighted by Crippen LogP contribution is 2.44. The molecule has 0 bridgehead atoms. The van der Waals surface area contributed by atoms with Gasteiger partial charge in [-0.3, -0.25) is 19.6 Å². The number of hydrogen-bond donors (Lipinski definition) is 5. The fourth-order valence-corrected chi connectivity index (χ4v) is 7.37. The minimum Gasteiger partial charge on any atom is -0.449 e. The zero-order chi connectivity index (χ0) is 38.9. The summed E-state index contributed by atoms with van der Waals surface area (Å²) in [7, 11) is 0. The summed E-state index contributed by atoms with van der Waals surface area (Å²) >= 11 is 0. The highest BCUT2D eigenvalue weighted by Gasteiger charge is 2.39. The van der Waals surface area contributed by atoms with E-state index in [4.69, 9.17) is 9.94 Å². The smallest absolute Gasteiger partial charge is 0.407 e. The molecule has 10 heteroatoms. The molecule has 0 saturated carbocycles. The maximum absolute atomic E-state index is 14.4. The van der Waals surface area contributed by atoms with Crippen molar-refractivity contribution < 1.29 is 29.1 Å². The van der Waals surface area contributed by atoms with Crippen LogP contribution in [0.15, 0.2) is 164 Å². The van der Waals surface area contributed by atoms with Crippen LogP contribution in [-0.4, -0.2) is 41.7 Å². The van der Waals surface area contributed by atoms with Crippen molar-refractivity contribution in [2.75, 3.05) is 6.61 Å². The predicted molar refractivity (Wildman–Crippen MR) is 212 cm³/mol. The van der Waals surface area contributed by atoms with Crippen LogP contribution in [0, 0.1) is 0 Å². The average molecular weight is 745 g/mol. The molecular weight excluding hydrogens is 705 g/mol. The number of rotatable bonds is 13. The minimum absolute atomic E-state index is 0.0211. The Morgan fingerprint density at radius 2 is 1.11 bits per heavy atom. The van der Waals surface area contributed by atoms with Crippen LogP contribution in [0.1, 0.15) is 56.1 Å². The van der Waals surface area contributed by atoms with Crippen LogP contribution in [-0.2, 0) is 26.4 Å². The normalized spacial score (nSPS) is 12.4. The maximum Gasteiger partial charge on any atom is 0.407 e. The van der Waals surface area contributed by atoms with E-state index in [2.05, 4.69) is 16.0 Å². The van der Waals surface area contributed by atoms with Gasteiger partial charge in [0.25, 0.3) is 5.91 Å². The van der Waals surface area contributed by atoms with Gasteiger partial charge in [-0.15, -0.1) is 0 Å². The number of hydroxylamine groups is 1. The third-order valence-electron chi connectivity index (χ3n) is 10.1. The second-order valence-electron chi connectivity index (χ2n) is 13.5. The van der Waals surface area contributed by atoms with Crippen molar-refractivity contribution in [3.8, 4) is 11.1 Å². The molecule has 0 aliphatic heterocycles. The molecule has 1 aliphatic rings. The first-order chi connectivity index (χ1) is 27.4. The van der Waals surface area contributed by atoms with Crippen LogP contribution in [0.5, 0.6) is 0 Å². The fraction of sp³-hybridized carbons (Fsp3) is 0.130. The van der Waals surface area contributed by atoms with E-state index in [1.165, 1.54) is 12.1 Å². The van der Waals surface area contributed by atoms with Gasteiger partial charge in [0.05, 0.1) is 6.42 Å². The average Bonchev–Trinajstić information content (AvgIpc) is 3.58. The Labute approximate surface area is 324 Å². The molecule has 0 fully saturated rings. The molecule has 0 heterocycles. The lowest BCUT2D eigenvalue weighted by Gasteiger charge is -2.37. The van der Waals surface area contributed by atoms with Crippen LogP contribution in [0.25, 0.3) is 11.1 Å². The zero-order valence-electron chi connectivity index (χ0n) is 30.4. The lowest BCUT2D eigenvalue weighted by atomic mass is 9.77. The fourth-order valence-electron chi connectivity index (χ4n) is 7.37. The van der Waals surface area contributed by atoms with Crippen molar-refractivity contribution in [2.45, 2.75) is 30.5 Å². The number of hydrogen-bond acceptors (Lipinski definition) is 6. The zero-order valence-corrected chi connectivity index (χ0v) is 30.4. The van der Waals surface area contributed by atoms with E-state index in [9.17, 15) is 19.2 Å². The van der Waals surface area contributed by atoms with Crippen LogP contribution in [0.2, 0.25) is 0 Å². The van der Waals surface area contributed by atoms with Crippen LogP contribution in [0.4, 0.5) is 4.79 Å². The van der Waals surface area contributed by atoms with E-state index >= 15 is 0 Å². The molecular formula is C46H40N4O6. The molecule has 1 atom stereocenters. The van der Waals surface area contributed by atoms with Crippen molar-refractivity contribution in [3.05, 3.63) is 203 Å². The summed E-state index contributed by atoms with van der Waals surface area (Å²) in [5.74, 6) is -1.99. The maximum atomic E-state index is 14.4. The van der Waals surface area contributed by atoms with Crippen LogP contribution < -0.4 is 21.4 Å². The minimum atomic E-state index is -1.33. The lowest BCUT2D eigenvalue weighted by Crippen LogP contribution is -2.53. The van der Waals surface area contributed by atoms with E-state index in [1.807, 2.05) is 140 Å². The molecule has 6 aromatic rings. The molecule has 0 saturated heterocycles. The Hall–Kier alpha value is -7.04. The predicted octanol–water partition coefficient (Wildman–Crippen LogP) is 6.83. The largest absolute Gasteiger partial charge is 0.449 e. The lowest BCUT2D eigenvalue weighted by molar-refractivity contribution is -0.129.